The number of carbonyl (C=O) groups excluding carboxylic acids is 2. The first kappa shape index (κ1) is 21.5. The van der Waals surface area contributed by atoms with Gasteiger partial charge in [-0.25, -0.2) is 9.78 Å². The number of fused-ring (bicyclic) bond motifs is 1. The number of rotatable bonds is 3. The van der Waals surface area contributed by atoms with E-state index in [1.165, 1.54) is 12.8 Å². The zero-order chi connectivity index (χ0) is 22.0. The van der Waals surface area contributed by atoms with Crippen LogP contribution in [0, 0.1) is 11.3 Å². The Morgan fingerprint density at radius 1 is 1.03 bits per heavy atom. The van der Waals surface area contributed by atoms with E-state index in [1.807, 2.05) is 28.0 Å². The maximum Gasteiger partial charge on any atom is 0.317 e. The number of aromatic nitrogens is 1. The van der Waals surface area contributed by atoms with Crippen molar-refractivity contribution in [1.29, 1.82) is 0 Å². The third-order valence-corrected chi connectivity index (χ3v) is 7.85. The summed E-state index contributed by atoms with van der Waals surface area (Å²) < 4.78 is 5.50. The molecule has 1 N–H and O–H groups in total. The summed E-state index contributed by atoms with van der Waals surface area (Å²) >= 11 is 0. The lowest BCUT2D eigenvalue weighted by molar-refractivity contribution is -0.148. The molecule has 1 saturated carbocycles. The van der Waals surface area contributed by atoms with Crippen LogP contribution >= 0.6 is 0 Å². The Bertz CT molecular complexity index is 809. The maximum absolute atomic E-state index is 13.9. The second-order valence-electron chi connectivity index (χ2n) is 9.81. The van der Waals surface area contributed by atoms with E-state index in [-0.39, 0.29) is 17.9 Å². The van der Waals surface area contributed by atoms with Gasteiger partial charge < -0.3 is 24.8 Å². The standard InChI is InChI=1S/C24H35N5O3/c30-22(27-12-14-32-15-13-27)24-9-5-11-28(23(31)26-20-6-1-2-7-20)16-19(24)17-29(18-24)21-8-3-4-10-25-21/h3-4,8,10,19-20H,1-2,5-7,9,11-18H2,(H,26,31)/t19-,24-/m0/s1. The number of urea groups is 1. The van der Waals surface area contributed by atoms with Gasteiger partial charge in [-0.3, -0.25) is 4.79 Å². The van der Waals surface area contributed by atoms with Gasteiger partial charge in [0.25, 0.3) is 0 Å². The number of nitrogens with one attached hydrogen (secondary N) is 1. The molecule has 3 amide bonds. The molecule has 4 fully saturated rings. The van der Waals surface area contributed by atoms with E-state index < -0.39 is 5.41 Å². The Morgan fingerprint density at radius 2 is 1.84 bits per heavy atom. The summed E-state index contributed by atoms with van der Waals surface area (Å²) in [5.41, 5.74) is -0.475. The number of carbonyl (C=O) groups is 2. The molecular formula is C24H35N5O3. The molecule has 1 aromatic rings. The lowest BCUT2D eigenvalue weighted by Gasteiger charge is -2.38. The van der Waals surface area contributed by atoms with Gasteiger partial charge in [0.1, 0.15) is 5.82 Å². The zero-order valence-corrected chi connectivity index (χ0v) is 18.9. The molecule has 1 aliphatic carbocycles. The number of anilines is 1. The van der Waals surface area contributed by atoms with E-state index in [0.717, 1.165) is 44.6 Å². The lowest BCUT2D eigenvalue weighted by atomic mass is 9.73. The molecule has 32 heavy (non-hydrogen) atoms. The van der Waals surface area contributed by atoms with Crippen LogP contribution in [0.1, 0.15) is 38.5 Å². The summed E-state index contributed by atoms with van der Waals surface area (Å²) in [5, 5.41) is 3.25. The van der Waals surface area contributed by atoms with Gasteiger partial charge in [0.2, 0.25) is 5.91 Å². The van der Waals surface area contributed by atoms with Crippen LogP contribution in [0.3, 0.4) is 0 Å². The molecule has 8 nitrogen and oxygen atoms in total. The Kier molecular flexibility index (Phi) is 6.22. The van der Waals surface area contributed by atoms with Crippen LogP contribution in [-0.4, -0.2) is 85.2 Å². The number of likely N-dealkylation sites (tertiary alicyclic amines) is 1. The molecular weight excluding hydrogens is 406 g/mol. The van der Waals surface area contributed by atoms with Gasteiger partial charge in [0.05, 0.1) is 18.6 Å². The van der Waals surface area contributed by atoms with Crippen molar-refractivity contribution in [2.75, 3.05) is 57.4 Å². The molecule has 1 aromatic heterocycles. The molecule has 0 radical (unpaired) electrons. The largest absolute Gasteiger partial charge is 0.378 e. The molecule has 2 atom stereocenters. The molecule has 4 heterocycles. The minimum absolute atomic E-state index is 0.0443. The maximum atomic E-state index is 13.9. The molecule has 3 aliphatic heterocycles. The van der Waals surface area contributed by atoms with Crippen molar-refractivity contribution in [1.82, 2.24) is 20.1 Å². The van der Waals surface area contributed by atoms with Gasteiger partial charge in [0.15, 0.2) is 0 Å². The smallest absolute Gasteiger partial charge is 0.317 e. The SMILES string of the molecule is O=C(NC1CCCC1)N1CCC[C@]2(C(=O)N3CCOCC3)CN(c3ccccn3)C[C@@H]2C1. The first-order valence-corrected chi connectivity index (χ1v) is 12.2. The minimum atomic E-state index is -0.475. The van der Waals surface area contributed by atoms with E-state index in [4.69, 9.17) is 4.74 Å². The van der Waals surface area contributed by atoms with Gasteiger partial charge in [-0.15, -0.1) is 0 Å². The van der Waals surface area contributed by atoms with E-state index in [0.29, 0.717) is 45.4 Å². The van der Waals surface area contributed by atoms with Crippen LogP contribution in [-0.2, 0) is 9.53 Å². The Morgan fingerprint density at radius 3 is 2.59 bits per heavy atom. The Balaban J connectivity index is 1.38. The van der Waals surface area contributed by atoms with Gasteiger partial charge in [-0.05, 0) is 37.8 Å². The third kappa shape index (κ3) is 4.17. The number of morpholine rings is 1. The van der Waals surface area contributed by atoms with E-state index in [2.05, 4.69) is 15.2 Å². The molecule has 3 saturated heterocycles. The van der Waals surface area contributed by atoms with Crippen LogP contribution in [0.15, 0.2) is 24.4 Å². The average molecular weight is 442 g/mol. The van der Waals surface area contributed by atoms with Crippen molar-refractivity contribution < 1.29 is 14.3 Å². The number of ether oxygens (including phenoxy) is 1. The molecule has 0 aromatic carbocycles. The van der Waals surface area contributed by atoms with E-state index >= 15 is 0 Å². The van der Waals surface area contributed by atoms with Crippen molar-refractivity contribution in [3.8, 4) is 0 Å². The lowest BCUT2D eigenvalue weighted by Crippen LogP contribution is -2.53. The molecule has 0 bridgehead atoms. The van der Waals surface area contributed by atoms with Crippen molar-refractivity contribution in [3.05, 3.63) is 24.4 Å². The summed E-state index contributed by atoms with van der Waals surface area (Å²) in [7, 11) is 0. The molecule has 8 heteroatoms. The topological polar surface area (TPSA) is 78.0 Å². The summed E-state index contributed by atoms with van der Waals surface area (Å²) in [4.78, 5) is 37.8. The predicted molar refractivity (Wildman–Crippen MR) is 121 cm³/mol. The monoisotopic (exact) mass is 441 g/mol. The number of amides is 3. The van der Waals surface area contributed by atoms with Crippen molar-refractivity contribution in [2.45, 2.75) is 44.6 Å². The highest BCUT2D eigenvalue weighted by molar-refractivity contribution is 5.85. The second kappa shape index (κ2) is 9.25. The minimum Gasteiger partial charge on any atom is -0.378 e. The quantitative estimate of drug-likeness (QED) is 0.777. The van der Waals surface area contributed by atoms with Crippen molar-refractivity contribution in [2.24, 2.45) is 11.3 Å². The van der Waals surface area contributed by atoms with Crippen LogP contribution in [0.4, 0.5) is 10.6 Å². The highest BCUT2D eigenvalue weighted by Crippen LogP contribution is 2.45. The first-order valence-electron chi connectivity index (χ1n) is 12.2. The molecule has 0 unspecified atom stereocenters. The number of hydrogen-bond acceptors (Lipinski definition) is 5. The second-order valence-corrected chi connectivity index (χ2v) is 9.81. The summed E-state index contributed by atoms with van der Waals surface area (Å²) in [5.74, 6) is 1.25. The molecule has 174 valence electrons. The first-order chi connectivity index (χ1) is 15.7. The summed E-state index contributed by atoms with van der Waals surface area (Å²) in [6, 6.07) is 6.28. The number of nitrogens with zero attached hydrogens (tertiary/aromatic N) is 4. The predicted octanol–water partition coefficient (Wildman–Crippen LogP) is 2.11. The fraction of sp³-hybridized carbons (Fsp3) is 0.708. The van der Waals surface area contributed by atoms with Crippen LogP contribution in [0.25, 0.3) is 0 Å². The van der Waals surface area contributed by atoms with Crippen LogP contribution < -0.4 is 10.2 Å². The number of pyridine rings is 1. The highest BCUT2D eigenvalue weighted by atomic mass is 16.5. The fourth-order valence-corrected chi connectivity index (χ4v) is 6.10. The van der Waals surface area contributed by atoms with Crippen molar-refractivity contribution >= 4 is 17.8 Å². The Hall–Kier alpha value is -2.35. The van der Waals surface area contributed by atoms with Crippen LogP contribution in [0.2, 0.25) is 0 Å². The molecule has 4 aliphatic rings. The Labute approximate surface area is 190 Å². The zero-order valence-electron chi connectivity index (χ0n) is 18.9. The average Bonchev–Trinajstić information content (AvgIpc) is 3.44. The third-order valence-electron chi connectivity index (χ3n) is 7.85. The van der Waals surface area contributed by atoms with E-state index in [9.17, 15) is 9.59 Å². The highest BCUT2D eigenvalue weighted by Gasteiger charge is 2.55. The molecule has 0 spiro atoms. The number of hydrogen-bond donors (Lipinski definition) is 1. The molecule has 5 rings (SSSR count). The summed E-state index contributed by atoms with van der Waals surface area (Å²) in [6.45, 7) is 5.28. The fourth-order valence-electron chi connectivity index (χ4n) is 6.10. The summed E-state index contributed by atoms with van der Waals surface area (Å²) in [6.07, 6.45) is 8.02. The van der Waals surface area contributed by atoms with Gasteiger partial charge in [-0.2, -0.15) is 0 Å². The van der Waals surface area contributed by atoms with Gasteiger partial charge in [0, 0.05) is 57.4 Å². The van der Waals surface area contributed by atoms with Crippen LogP contribution in [0.5, 0.6) is 0 Å². The van der Waals surface area contributed by atoms with Gasteiger partial charge >= 0.3 is 6.03 Å². The van der Waals surface area contributed by atoms with E-state index in [1.54, 1.807) is 6.20 Å². The van der Waals surface area contributed by atoms with Crippen molar-refractivity contribution in [3.63, 3.8) is 0 Å². The normalized spacial score (nSPS) is 29.0. The van der Waals surface area contributed by atoms with Gasteiger partial charge in [-0.1, -0.05) is 18.9 Å².